The Morgan fingerprint density at radius 2 is 1.77 bits per heavy atom. The van der Waals surface area contributed by atoms with Gasteiger partial charge in [0, 0.05) is 48.4 Å². The molecule has 8 rings (SSSR count). The van der Waals surface area contributed by atoms with E-state index in [0.29, 0.717) is 59.3 Å². The van der Waals surface area contributed by atoms with Crippen molar-refractivity contribution in [3.63, 3.8) is 0 Å². The van der Waals surface area contributed by atoms with Gasteiger partial charge in [0.1, 0.15) is 17.0 Å². The van der Waals surface area contributed by atoms with Crippen molar-refractivity contribution in [3.05, 3.63) is 71.5 Å². The maximum Gasteiger partial charge on any atom is 0.270 e. The predicted octanol–water partition coefficient (Wildman–Crippen LogP) is 2.27. The van der Waals surface area contributed by atoms with Crippen molar-refractivity contribution in [2.75, 3.05) is 24.5 Å². The molecule has 11 heteroatoms. The van der Waals surface area contributed by atoms with Crippen LogP contribution in [0.15, 0.2) is 54.7 Å². The van der Waals surface area contributed by atoms with Crippen molar-refractivity contribution in [2.45, 2.75) is 24.8 Å². The summed E-state index contributed by atoms with van der Waals surface area (Å²) >= 11 is 0. The van der Waals surface area contributed by atoms with Crippen molar-refractivity contribution in [1.82, 2.24) is 30.6 Å². The fourth-order valence-corrected chi connectivity index (χ4v) is 5.91. The number of H-pyrrole nitrogens is 1. The molecular formula is C29H28N8O3. The van der Waals surface area contributed by atoms with Gasteiger partial charge in [-0.15, -0.1) is 0 Å². The van der Waals surface area contributed by atoms with Gasteiger partial charge in [-0.25, -0.2) is 15.0 Å². The Labute approximate surface area is 229 Å². The second kappa shape index (κ2) is 9.15. The average molecular weight is 537 g/mol. The Morgan fingerprint density at radius 1 is 1.00 bits per heavy atom. The van der Waals surface area contributed by atoms with Crippen LogP contribution in [0.25, 0.3) is 22.4 Å². The summed E-state index contributed by atoms with van der Waals surface area (Å²) in [4.78, 5) is 55.6. The molecule has 4 fully saturated rings. The smallest absolute Gasteiger partial charge is 0.270 e. The predicted molar refractivity (Wildman–Crippen MR) is 148 cm³/mol. The molecule has 0 unspecified atom stereocenters. The van der Waals surface area contributed by atoms with E-state index in [9.17, 15) is 14.4 Å². The molecule has 0 atom stereocenters. The van der Waals surface area contributed by atoms with Crippen molar-refractivity contribution < 1.29 is 14.4 Å². The SMILES string of the molecule is NC(=O)c1cccc2[nH]c(-c3ccc(C(=O)NCC4CN(c5nccc(C(=O)NC67CC(C6)C7)n5)C4)cc3)nc12. The van der Waals surface area contributed by atoms with Gasteiger partial charge >= 0.3 is 0 Å². The molecule has 4 aliphatic rings. The van der Waals surface area contributed by atoms with Crippen LogP contribution in [0.3, 0.4) is 0 Å². The van der Waals surface area contributed by atoms with E-state index >= 15 is 0 Å². The summed E-state index contributed by atoms with van der Waals surface area (Å²) in [5.74, 6) is 1.36. The summed E-state index contributed by atoms with van der Waals surface area (Å²) in [5.41, 5.74) is 8.79. The monoisotopic (exact) mass is 536 g/mol. The van der Waals surface area contributed by atoms with Gasteiger partial charge in [-0.1, -0.05) is 18.2 Å². The van der Waals surface area contributed by atoms with Crippen LogP contribution in [0, 0.1) is 11.8 Å². The molecule has 2 bridgehead atoms. The minimum atomic E-state index is -0.533. The Balaban J connectivity index is 0.922. The summed E-state index contributed by atoms with van der Waals surface area (Å²) in [6.07, 6.45) is 4.88. The molecular weight excluding hydrogens is 508 g/mol. The molecule has 0 radical (unpaired) electrons. The number of amides is 3. The molecule has 11 nitrogen and oxygen atoms in total. The number of anilines is 1. The van der Waals surface area contributed by atoms with E-state index < -0.39 is 5.91 Å². The summed E-state index contributed by atoms with van der Waals surface area (Å²) in [6, 6.07) is 14.0. The van der Waals surface area contributed by atoms with Crippen LogP contribution < -0.4 is 21.3 Å². The molecule has 3 saturated carbocycles. The molecule has 2 aromatic carbocycles. The van der Waals surface area contributed by atoms with E-state index in [1.165, 1.54) is 0 Å². The van der Waals surface area contributed by atoms with Crippen molar-refractivity contribution in [3.8, 4) is 11.4 Å². The van der Waals surface area contributed by atoms with Gasteiger partial charge in [0.05, 0.1) is 11.1 Å². The first-order chi connectivity index (χ1) is 19.4. The molecule has 2 aromatic heterocycles. The summed E-state index contributed by atoms with van der Waals surface area (Å²) < 4.78 is 0. The first-order valence-electron chi connectivity index (χ1n) is 13.4. The van der Waals surface area contributed by atoms with E-state index in [4.69, 9.17) is 5.73 Å². The highest BCUT2D eigenvalue weighted by molar-refractivity contribution is 6.04. The lowest BCUT2D eigenvalue weighted by Gasteiger charge is -2.61. The van der Waals surface area contributed by atoms with Gasteiger partial charge in [-0.2, -0.15) is 0 Å². The molecule has 4 aromatic rings. The summed E-state index contributed by atoms with van der Waals surface area (Å²) in [7, 11) is 0. The number of hydrogen-bond acceptors (Lipinski definition) is 7. The number of aromatic amines is 1. The summed E-state index contributed by atoms with van der Waals surface area (Å²) in [6.45, 7) is 1.94. The lowest BCUT2D eigenvalue weighted by molar-refractivity contribution is -0.0439. The first kappa shape index (κ1) is 24.3. The highest BCUT2D eigenvalue weighted by Gasteiger charge is 2.57. The number of para-hydroxylation sites is 1. The number of hydrogen-bond donors (Lipinski definition) is 4. The number of primary amides is 1. The standard InChI is InChI=1S/C29H28N8O3/c30-24(38)20-2-1-3-21-23(20)35-25(33-21)18-4-6-19(7-5-18)26(39)32-13-17-14-37(15-17)28-31-9-8-22(34-28)27(40)36-29-10-16(11-29)12-29/h1-9,16-17H,10-15H2,(H2,30,38)(H,32,39)(H,33,35)(H,36,40). The third kappa shape index (κ3) is 4.23. The number of nitrogens with zero attached hydrogens (tertiary/aromatic N) is 4. The number of carbonyl (C=O) groups excluding carboxylic acids is 3. The maximum absolute atomic E-state index is 12.7. The van der Waals surface area contributed by atoms with Crippen LogP contribution >= 0.6 is 0 Å². The molecule has 202 valence electrons. The number of imidazole rings is 1. The molecule has 3 amide bonds. The lowest BCUT2D eigenvalue weighted by Crippen LogP contribution is -2.68. The molecule has 3 aliphatic carbocycles. The van der Waals surface area contributed by atoms with Gasteiger partial charge in [0.25, 0.3) is 17.7 Å². The van der Waals surface area contributed by atoms with Crippen LogP contribution in [0.5, 0.6) is 0 Å². The minimum Gasteiger partial charge on any atom is -0.366 e. The highest BCUT2D eigenvalue weighted by Crippen LogP contribution is 2.56. The van der Waals surface area contributed by atoms with Gasteiger partial charge in [-0.3, -0.25) is 14.4 Å². The Morgan fingerprint density at radius 3 is 2.48 bits per heavy atom. The number of rotatable bonds is 8. The maximum atomic E-state index is 12.7. The van der Waals surface area contributed by atoms with E-state index in [0.717, 1.165) is 30.7 Å². The van der Waals surface area contributed by atoms with Crippen molar-refractivity contribution in [1.29, 1.82) is 0 Å². The van der Waals surface area contributed by atoms with Gasteiger partial charge in [-0.05, 0) is 55.5 Å². The largest absolute Gasteiger partial charge is 0.366 e. The zero-order valence-corrected chi connectivity index (χ0v) is 21.7. The minimum absolute atomic E-state index is 0.0108. The van der Waals surface area contributed by atoms with E-state index in [2.05, 4.69) is 30.6 Å². The number of nitrogens with two attached hydrogens (primary N) is 1. The fourth-order valence-electron chi connectivity index (χ4n) is 5.91. The number of benzene rings is 2. The summed E-state index contributed by atoms with van der Waals surface area (Å²) in [5, 5.41) is 6.14. The number of carbonyl (C=O) groups is 3. The van der Waals surface area contributed by atoms with Crippen molar-refractivity contribution >= 4 is 34.7 Å². The van der Waals surface area contributed by atoms with Crippen LogP contribution in [0.2, 0.25) is 0 Å². The number of fused-ring (bicyclic) bond motifs is 1. The quantitative estimate of drug-likeness (QED) is 0.269. The fraction of sp³-hybridized carbons (Fsp3) is 0.310. The molecule has 0 spiro atoms. The van der Waals surface area contributed by atoms with Crippen LogP contribution in [0.4, 0.5) is 5.95 Å². The molecule has 1 aliphatic heterocycles. The molecule has 3 heterocycles. The topological polar surface area (TPSA) is 159 Å². The van der Waals surface area contributed by atoms with Crippen LogP contribution in [0.1, 0.15) is 50.5 Å². The molecule has 1 saturated heterocycles. The van der Waals surface area contributed by atoms with Crippen LogP contribution in [-0.4, -0.2) is 62.8 Å². The number of nitrogens with one attached hydrogen (secondary N) is 3. The van der Waals surface area contributed by atoms with E-state index in [1.54, 1.807) is 36.5 Å². The lowest BCUT2D eigenvalue weighted by atomic mass is 9.50. The van der Waals surface area contributed by atoms with E-state index in [1.807, 2.05) is 23.1 Å². The highest BCUT2D eigenvalue weighted by atomic mass is 16.2. The molecule has 5 N–H and O–H groups in total. The van der Waals surface area contributed by atoms with Gasteiger partial charge in [0.15, 0.2) is 0 Å². The zero-order chi connectivity index (χ0) is 27.4. The first-order valence-corrected chi connectivity index (χ1v) is 13.4. The van der Waals surface area contributed by atoms with Gasteiger partial charge < -0.3 is 26.3 Å². The van der Waals surface area contributed by atoms with Gasteiger partial charge in [0.2, 0.25) is 5.95 Å². The Bertz CT molecular complexity index is 1640. The van der Waals surface area contributed by atoms with Crippen molar-refractivity contribution in [2.24, 2.45) is 17.6 Å². The zero-order valence-electron chi connectivity index (χ0n) is 21.7. The Kier molecular flexibility index (Phi) is 5.55. The molecule has 40 heavy (non-hydrogen) atoms. The normalized spacial score (nSPS) is 21.2. The van der Waals surface area contributed by atoms with E-state index in [-0.39, 0.29) is 23.3 Å². The Hall–Kier alpha value is -4.80. The number of aromatic nitrogens is 4. The third-order valence-corrected chi connectivity index (χ3v) is 8.28. The van der Waals surface area contributed by atoms with Crippen LogP contribution in [-0.2, 0) is 0 Å². The second-order valence-electron chi connectivity index (χ2n) is 11.2. The average Bonchev–Trinajstić information content (AvgIpc) is 3.33. The third-order valence-electron chi connectivity index (χ3n) is 8.28. The second-order valence-corrected chi connectivity index (χ2v) is 11.2.